The van der Waals surface area contributed by atoms with E-state index in [2.05, 4.69) is 9.98 Å². The molecule has 6 nitrogen and oxygen atoms in total. The second-order valence-corrected chi connectivity index (χ2v) is 8.47. The monoisotopic (exact) mass is 386 g/mol. The molecule has 142 valence electrons. The van der Waals surface area contributed by atoms with E-state index in [1.54, 1.807) is 26.6 Å². The SMILES string of the molecule is COc1ccc(C=N[C@H]2CS(=O)(=O)C[C@@H]2N=Cc2ccc(OC)cc2)cc1. The van der Waals surface area contributed by atoms with Crippen LogP contribution >= 0.6 is 0 Å². The third kappa shape index (κ3) is 5.17. The third-order valence-corrected chi connectivity index (χ3v) is 6.05. The highest BCUT2D eigenvalue weighted by atomic mass is 32.2. The molecule has 0 aliphatic carbocycles. The van der Waals surface area contributed by atoms with E-state index in [9.17, 15) is 8.42 Å². The van der Waals surface area contributed by atoms with Crippen molar-refractivity contribution < 1.29 is 17.9 Å². The molecule has 1 saturated heterocycles. The zero-order chi connectivity index (χ0) is 19.3. The quantitative estimate of drug-likeness (QED) is 0.715. The number of benzene rings is 2. The van der Waals surface area contributed by atoms with Crippen LogP contribution in [0.2, 0.25) is 0 Å². The fourth-order valence-corrected chi connectivity index (χ4v) is 4.63. The number of rotatable bonds is 6. The zero-order valence-corrected chi connectivity index (χ0v) is 16.1. The summed E-state index contributed by atoms with van der Waals surface area (Å²) in [6.07, 6.45) is 3.39. The minimum atomic E-state index is -3.14. The summed E-state index contributed by atoms with van der Waals surface area (Å²) in [6, 6.07) is 14.1. The molecule has 2 atom stereocenters. The maximum Gasteiger partial charge on any atom is 0.154 e. The topological polar surface area (TPSA) is 77.3 Å². The van der Waals surface area contributed by atoms with Crippen LogP contribution < -0.4 is 9.47 Å². The van der Waals surface area contributed by atoms with Gasteiger partial charge in [0.1, 0.15) is 11.5 Å². The van der Waals surface area contributed by atoms with Crippen LogP contribution in [-0.4, -0.2) is 58.7 Å². The van der Waals surface area contributed by atoms with Crippen molar-refractivity contribution in [2.24, 2.45) is 9.98 Å². The minimum Gasteiger partial charge on any atom is -0.497 e. The second kappa shape index (κ2) is 8.35. The molecule has 2 aromatic carbocycles. The average molecular weight is 386 g/mol. The minimum absolute atomic E-state index is 0.0181. The van der Waals surface area contributed by atoms with Crippen molar-refractivity contribution in [1.82, 2.24) is 0 Å². The van der Waals surface area contributed by atoms with Crippen LogP contribution in [0.4, 0.5) is 0 Å². The van der Waals surface area contributed by atoms with Gasteiger partial charge in [-0.15, -0.1) is 0 Å². The molecule has 0 unspecified atom stereocenters. The van der Waals surface area contributed by atoms with Gasteiger partial charge in [0.25, 0.3) is 0 Å². The summed E-state index contributed by atoms with van der Waals surface area (Å²) in [5.74, 6) is 1.56. The first-order chi connectivity index (χ1) is 13.0. The van der Waals surface area contributed by atoms with Crippen molar-refractivity contribution in [2.45, 2.75) is 12.1 Å². The zero-order valence-electron chi connectivity index (χ0n) is 15.3. The number of nitrogens with zero attached hydrogens (tertiary/aromatic N) is 2. The van der Waals surface area contributed by atoms with Gasteiger partial charge in [-0.3, -0.25) is 9.98 Å². The van der Waals surface area contributed by atoms with Gasteiger partial charge in [0.05, 0.1) is 37.8 Å². The van der Waals surface area contributed by atoms with Gasteiger partial charge in [0, 0.05) is 12.4 Å². The number of sulfone groups is 1. The van der Waals surface area contributed by atoms with Gasteiger partial charge < -0.3 is 9.47 Å². The number of hydrogen-bond donors (Lipinski definition) is 0. The van der Waals surface area contributed by atoms with E-state index in [1.165, 1.54) is 0 Å². The summed E-state index contributed by atoms with van der Waals surface area (Å²) in [5, 5.41) is 0. The van der Waals surface area contributed by atoms with Gasteiger partial charge in [0.15, 0.2) is 9.84 Å². The Morgan fingerprint density at radius 1 is 0.778 bits per heavy atom. The number of methoxy groups -OCH3 is 2. The number of hydrogen-bond acceptors (Lipinski definition) is 6. The van der Waals surface area contributed by atoms with E-state index in [-0.39, 0.29) is 23.6 Å². The first-order valence-electron chi connectivity index (χ1n) is 8.54. The molecule has 0 radical (unpaired) electrons. The first-order valence-corrected chi connectivity index (χ1v) is 10.4. The Morgan fingerprint density at radius 3 is 1.48 bits per heavy atom. The molecule has 0 amide bonds. The van der Waals surface area contributed by atoms with Gasteiger partial charge in [-0.1, -0.05) is 0 Å². The molecular formula is C20H22N2O4S. The molecule has 3 rings (SSSR count). The van der Waals surface area contributed by atoms with E-state index in [0.717, 1.165) is 22.6 Å². The lowest BCUT2D eigenvalue weighted by atomic mass is 10.1. The summed E-state index contributed by atoms with van der Waals surface area (Å²) in [6.45, 7) is 0. The van der Waals surface area contributed by atoms with Crippen LogP contribution in [0.5, 0.6) is 11.5 Å². The normalized spacial score (nSPS) is 21.7. The van der Waals surface area contributed by atoms with Crippen molar-refractivity contribution >= 4 is 22.3 Å². The predicted molar refractivity (Wildman–Crippen MR) is 107 cm³/mol. The maximum atomic E-state index is 12.1. The molecule has 1 aliphatic rings. The Labute approximate surface area is 159 Å². The molecule has 0 aromatic heterocycles. The predicted octanol–water partition coefficient (Wildman–Crippen LogP) is 2.41. The fraction of sp³-hybridized carbons (Fsp3) is 0.300. The molecule has 0 bridgehead atoms. The van der Waals surface area contributed by atoms with Crippen LogP contribution in [-0.2, 0) is 9.84 Å². The Balaban J connectivity index is 1.73. The molecule has 1 heterocycles. The van der Waals surface area contributed by atoms with Gasteiger partial charge in [0.2, 0.25) is 0 Å². The summed E-state index contributed by atoms with van der Waals surface area (Å²) >= 11 is 0. The van der Waals surface area contributed by atoms with Crippen LogP contribution in [0.25, 0.3) is 0 Å². The summed E-state index contributed by atoms with van der Waals surface area (Å²) in [4.78, 5) is 8.97. The third-order valence-electron chi connectivity index (χ3n) is 4.36. The fourth-order valence-electron chi connectivity index (χ4n) is 2.84. The van der Waals surface area contributed by atoms with E-state index >= 15 is 0 Å². The van der Waals surface area contributed by atoms with E-state index < -0.39 is 9.84 Å². The lowest BCUT2D eigenvalue weighted by molar-refractivity contribution is 0.414. The summed E-state index contributed by atoms with van der Waals surface area (Å²) in [7, 11) is 0.0758. The van der Waals surface area contributed by atoms with Gasteiger partial charge in [-0.05, 0) is 59.7 Å². The lowest BCUT2D eigenvalue weighted by Gasteiger charge is -2.09. The van der Waals surface area contributed by atoms with Crippen LogP contribution in [0.1, 0.15) is 11.1 Å². The Morgan fingerprint density at radius 2 is 1.15 bits per heavy atom. The van der Waals surface area contributed by atoms with Gasteiger partial charge in [-0.25, -0.2) is 8.42 Å². The highest BCUT2D eigenvalue weighted by Gasteiger charge is 2.36. The van der Waals surface area contributed by atoms with Crippen LogP contribution in [0.15, 0.2) is 58.5 Å². The van der Waals surface area contributed by atoms with E-state index in [4.69, 9.17) is 9.47 Å². The smallest absolute Gasteiger partial charge is 0.154 e. The second-order valence-electron chi connectivity index (χ2n) is 6.31. The van der Waals surface area contributed by atoms with Crippen molar-refractivity contribution in [1.29, 1.82) is 0 Å². The van der Waals surface area contributed by atoms with Crippen molar-refractivity contribution in [3.63, 3.8) is 0 Å². The first kappa shape index (κ1) is 19.1. The average Bonchev–Trinajstić information content (AvgIpc) is 2.99. The molecular weight excluding hydrogens is 364 g/mol. The molecule has 7 heteroatoms. The molecule has 0 saturated carbocycles. The number of aliphatic imine (C=N–C) groups is 2. The Kier molecular flexibility index (Phi) is 5.91. The molecule has 0 N–H and O–H groups in total. The van der Waals surface area contributed by atoms with Crippen LogP contribution in [0.3, 0.4) is 0 Å². The molecule has 1 aliphatic heterocycles. The van der Waals surface area contributed by atoms with Crippen LogP contribution in [0, 0.1) is 0 Å². The summed E-state index contributed by atoms with van der Waals surface area (Å²) < 4.78 is 34.4. The van der Waals surface area contributed by atoms with Gasteiger partial charge in [-0.2, -0.15) is 0 Å². The van der Waals surface area contributed by atoms with E-state index in [1.807, 2.05) is 48.5 Å². The molecule has 1 fully saturated rings. The highest BCUT2D eigenvalue weighted by molar-refractivity contribution is 7.91. The molecule has 27 heavy (non-hydrogen) atoms. The highest BCUT2D eigenvalue weighted by Crippen LogP contribution is 2.20. The Bertz CT molecular complexity index is 848. The van der Waals surface area contributed by atoms with E-state index in [0.29, 0.717) is 0 Å². The molecule has 0 spiro atoms. The van der Waals surface area contributed by atoms with Crippen molar-refractivity contribution in [3.8, 4) is 11.5 Å². The standard InChI is InChI=1S/C20H22N2O4S/c1-25-17-7-3-15(4-8-17)11-21-19-13-27(23,24)14-20(19)22-12-16-5-9-18(26-2)10-6-16/h3-12,19-20H,13-14H2,1-2H3/t19-,20-/m0/s1. The van der Waals surface area contributed by atoms with Crippen molar-refractivity contribution in [3.05, 3.63) is 59.7 Å². The lowest BCUT2D eigenvalue weighted by Crippen LogP contribution is -2.20. The van der Waals surface area contributed by atoms with Crippen molar-refractivity contribution in [2.75, 3.05) is 25.7 Å². The number of ether oxygens (including phenoxy) is 2. The maximum absolute atomic E-state index is 12.1. The largest absolute Gasteiger partial charge is 0.497 e. The summed E-state index contributed by atoms with van der Waals surface area (Å²) in [5.41, 5.74) is 1.77. The van der Waals surface area contributed by atoms with Gasteiger partial charge >= 0.3 is 0 Å². The molecule has 2 aromatic rings. The Hall–Kier alpha value is -2.67.